The van der Waals surface area contributed by atoms with Crippen molar-refractivity contribution in [2.45, 2.75) is 25.3 Å². The number of hydrogen-bond acceptors (Lipinski definition) is 3. The van der Waals surface area contributed by atoms with Crippen LogP contribution >= 0.6 is 0 Å². The third-order valence-corrected chi connectivity index (χ3v) is 3.28. The van der Waals surface area contributed by atoms with E-state index in [1.54, 1.807) is 0 Å². The fourth-order valence-corrected chi connectivity index (χ4v) is 2.06. The molecule has 2 rings (SSSR count). The highest BCUT2D eigenvalue weighted by Gasteiger charge is 2.39. The molecule has 3 N–H and O–H groups in total. The van der Waals surface area contributed by atoms with Crippen molar-refractivity contribution >= 4 is 22.5 Å². The number of pyridine rings is 1. The first-order valence-electron chi connectivity index (χ1n) is 6.54. The summed E-state index contributed by atoms with van der Waals surface area (Å²) >= 11 is 0. The van der Waals surface area contributed by atoms with E-state index in [1.807, 2.05) is 0 Å². The minimum Gasteiger partial charge on any atom is -0.373 e. The smallest absolute Gasteiger partial charge is 0.373 e. The Morgan fingerprint density at radius 1 is 1.17 bits per heavy atom. The van der Waals surface area contributed by atoms with Crippen LogP contribution in [0.2, 0.25) is 0 Å². The average Bonchev–Trinajstić information content (AvgIpc) is 2.44. The van der Waals surface area contributed by atoms with E-state index < -0.39 is 46.3 Å². The molecule has 1 aromatic carbocycles. The van der Waals surface area contributed by atoms with Crippen LogP contribution in [0, 0.1) is 0 Å². The van der Waals surface area contributed by atoms with Crippen LogP contribution in [0.3, 0.4) is 0 Å². The number of alkyl halides is 6. The number of primary amides is 1. The Hall–Kier alpha value is -2.52. The Bertz CT molecular complexity index is 784. The number of carbonyl (C=O) groups excluding carboxylic acids is 1. The summed E-state index contributed by atoms with van der Waals surface area (Å²) in [6.45, 7) is 1.33. The zero-order valence-electron chi connectivity index (χ0n) is 12.1. The van der Waals surface area contributed by atoms with E-state index in [1.165, 1.54) is 13.0 Å². The van der Waals surface area contributed by atoms with E-state index in [4.69, 9.17) is 5.73 Å². The van der Waals surface area contributed by atoms with Gasteiger partial charge in [-0.3, -0.25) is 9.78 Å². The molecule has 0 saturated heterocycles. The number of amides is 1. The number of aromatic nitrogens is 1. The summed E-state index contributed by atoms with van der Waals surface area (Å²) in [5, 5.41) is 2.08. The zero-order valence-corrected chi connectivity index (χ0v) is 12.1. The maximum absolute atomic E-state index is 13.1. The lowest BCUT2D eigenvalue weighted by molar-refractivity contribution is -0.142. The highest BCUT2D eigenvalue weighted by atomic mass is 19.4. The molecule has 0 radical (unpaired) electrons. The van der Waals surface area contributed by atoms with E-state index in [-0.39, 0.29) is 11.8 Å². The first-order chi connectivity index (χ1) is 10.9. The molecule has 0 saturated carbocycles. The van der Waals surface area contributed by atoms with Crippen LogP contribution in [0.1, 0.15) is 18.1 Å². The minimum absolute atomic E-state index is 0.0105. The largest absolute Gasteiger partial charge is 0.418 e. The number of nitrogens with two attached hydrogens (primary N) is 1. The summed E-state index contributed by atoms with van der Waals surface area (Å²) in [6.07, 6.45) is -9.00. The monoisotopic (exact) mass is 351 g/mol. The SMILES string of the molecule is CC(Nc1ccnc2c(C(F)(F)F)cc(C(F)(F)F)cc12)C(N)=O. The standard InChI is InChI=1S/C14H11F6N3O/c1-6(12(21)24)23-10-2-3-22-11-8(10)4-7(13(15,16)17)5-9(11)14(18,19)20/h2-6H,1H3,(H2,21,24)(H,22,23). The molecule has 2 aromatic rings. The summed E-state index contributed by atoms with van der Waals surface area (Å²) in [6, 6.07) is 0.728. The van der Waals surface area contributed by atoms with Gasteiger partial charge in [0.15, 0.2) is 0 Å². The van der Waals surface area contributed by atoms with Gasteiger partial charge in [-0.15, -0.1) is 0 Å². The highest BCUT2D eigenvalue weighted by molar-refractivity contribution is 5.95. The van der Waals surface area contributed by atoms with Gasteiger partial charge in [0.05, 0.1) is 16.6 Å². The molecule has 0 bridgehead atoms. The Morgan fingerprint density at radius 3 is 2.29 bits per heavy atom. The molecule has 24 heavy (non-hydrogen) atoms. The van der Waals surface area contributed by atoms with Gasteiger partial charge in [-0.05, 0) is 25.1 Å². The Balaban J connectivity index is 2.77. The summed E-state index contributed by atoms with van der Waals surface area (Å²) in [5.41, 5.74) is 1.31. The molecule has 0 spiro atoms. The average molecular weight is 351 g/mol. The zero-order chi connectivity index (χ0) is 18.3. The van der Waals surface area contributed by atoms with Gasteiger partial charge >= 0.3 is 12.4 Å². The lowest BCUT2D eigenvalue weighted by Crippen LogP contribution is -2.32. The molecule has 0 aliphatic carbocycles. The quantitative estimate of drug-likeness (QED) is 0.831. The number of benzene rings is 1. The third kappa shape index (κ3) is 3.52. The maximum atomic E-state index is 13.1. The molecule has 1 atom stereocenters. The normalized spacial score (nSPS) is 13.8. The molecule has 1 heterocycles. The van der Waals surface area contributed by atoms with Crippen LogP contribution in [0.4, 0.5) is 32.0 Å². The lowest BCUT2D eigenvalue weighted by atomic mass is 10.0. The molecule has 1 aromatic heterocycles. The summed E-state index contributed by atoms with van der Waals surface area (Å²) in [5.74, 6) is -0.817. The predicted molar refractivity (Wildman–Crippen MR) is 74.0 cm³/mol. The van der Waals surface area contributed by atoms with Crippen molar-refractivity contribution in [1.29, 1.82) is 0 Å². The fourth-order valence-electron chi connectivity index (χ4n) is 2.06. The molecule has 4 nitrogen and oxygen atoms in total. The van der Waals surface area contributed by atoms with Crippen molar-refractivity contribution in [2.75, 3.05) is 5.32 Å². The molecule has 0 aliphatic heterocycles. The van der Waals surface area contributed by atoms with Crippen molar-refractivity contribution in [3.05, 3.63) is 35.5 Å². The van der Waals surface area contributed by atoms with Gasteiger partial charge in [0, 0.05) is 17.3 Å². The number of halogens is 6. The highest BCUT2D eigenvalue weighted by Crippen LogP contribution is 2.40. The van der Waals surface area contributed by atoms with Gasteiger partial charge in [-0.25, -0.2) is 0 Å². The number of carbonyl (C=O) groups is 1. The van der Waals surface area contributed by atoms with Gasteiger partial charge in [0.25, 0.3) is 0 Å². The summed E-state index contributed by atoms with van der Waals surface area (Å²) in [4.78, 5) is 14.6. The van der Waals surface area contributed by atoms with Crippen molar-refractivity contribution in [3.63, 3.8) is 0 Å². The van der Waals surface area contributed by atoms with Crippen molar-refractivity contribution in [2.24, 2.45) is 5.73 Å². The Labute approximate surface area is 131 Å². The molecule has 0 fully saturated rings. The minimum atomic E-state index is -5.03. The fraction of sp³-hybridized carbons (Fsp3) is 0.286. The number of nitrogens with zero attached hydrogens (tertiary/aromatic N) is 1. The predicted octanol–water partition coefficient (Wildman–Crippen LogP) is 3.56. The van der Waals surface area contributed by atoms with E-state index in [9.17, 15) is 31.1 Å². The second-order valence-corrected chi connectivity index (χ2v) is 5.04. The van der Waals surface area contributed by atoms with Crippen LogP contribution in [0.5, 0.6) is 0 Å². The van der Waals surface area contributed by atoms with Crippen molar-refractivity contribution in [3.8, 4) is 0 Å². The van der Waals surface area contributed by atoms with Crippen LogP contribution in [-0.2, 0) is 17.1 Å². The van der Waals surface area contributed by atoms with Gasteiger partial charge in [0.1, 0.15) is 6.04 Å². The van der Waals surface area contributed by atoms with Crippen LogP contribution in [-0.4, -0.2) is 16.9 Å². The van der Waals surface area contributed by atoms with Gasteiger partial charge in [-0.2, -0.15) is 26.3 Å². The number of rotatable bonds is 3. The molecular formula is C14H11F6N3O. The van der Waals surface area contributed by atoms with E-state index in [0.717, 1.165) is 6.20 Å². The third-order valence-electron chi connectivity index (χ3n) is 3.28. The van der Waals surface area contributed by atoms with E-state index in [2.05, 4.69) is 10.3 Å². The molecule has 0 aliphatic rings. The van der Waals surface area contributed by atoms with Gasteiger partial charge in [0.2, 0.25) is 5.91 Å². The number of nitrogens with one attached hydrogen (secondary N) is 1. The van der Waals surface area contributed by atoms with Gasteiger partial charge < -0.3 is 11.1 Å². The topological polar surface area (TPSA) is 68.0 Å². The summed E-state index contributed by atoms with van der Waals surface area (Å²) in [7, 11) is 0. The second kappa shape index (κ2) is 5.84. The van der Waals surface area contributed by atoms with Gasteiger partial charge in [-0.1, -0.05) is 0 Å². The molecule has 1 amide bonds. The van der Waals surface area contributed by atoms with E-state index in [0.29, 0.717) is 6.07 Å². The molecule has 1 unspecified atom stereocenters. The van der Waals surface area contributed by atoms with Crippen LogP contribution < -0.4 is 11.1 Å². The number of hydrogen-bond donors (Lipinski definition) is 2. The van der Waals surface area contributed by atoms with Crippen LogP contribution in [0.15, 0.2) is 24.4 Å². The Morgan fingerprint density at radius 2 is 1.79 bits per heavy atom. The van der Waals surface area contributed by atoms with Crippen molar-refractivity contribution < 1.29 is 31.1 Å². The first kappa shape index (κ1) is 17.8. The molecule has 130 valence electrons. The lowest BCUT2D eigenvalue weighted by Gasteiger charge is -2.18. The van der Waals surface area contributed by atoms with E-state index >= 15 is 0 Å². The number of fused-ring (bicyclic) bond motifs is 1. The summed E-state index contributed by atoms with van der Waals surface area (Å²) < 4.78 is 78.1. The molecular weight excluding hydrogens is 340 g/mol. The van der Waals surface area contributed by atoms with Crippen LogP contribution in [0.25, 0.3) is 10.9 Å². The molecule has 10 heteroatoms. The maximum Gasteiger partial charge on any atom is 0.418 e. The van der Waals surface area contributed by atoms with Crippen molar-refractivity contribution in [1.82, 2.24) is 4.98 Å². The second-order valence-electron chi connectivity index (χ2n) is 5.04. The first-order valence-corrected chi connectivity index (χ1v) is 6.54. The Kier molecular flexibility index (Phi) is 4.34. The number of anilines is 1.